The monoisotopic (exact) mass is 505 g/mol. The minimum absolute atomic E-state index is 0.0376. The summed E-state index contributed by atoms with van der Waals surface area (Å²) in [6.07, 6.45) is -0.699. The highest BCUT2D eigenvalue weighted by atomic mass is 32.2. The standard InChI is InChI=1S/C22H24F5N3O3S/c1-4-9-28-19-12-16(22(25,26)27)7-5-14(19)6-8-20(31)29-13(2)15-10-17(23)21(18(24)11-15)30-34(3,32)33/h5-8,10-13,28,30H,4,9H2,1-3H3,(H,29,31). The topological polar surface area (TPSA) is 87.3 Å². The minimum Gasteiger partial charge on any atom is -0.385 e. The van der Waals surface area contributed by atoms with Crippen LogP contribution in [0.1, 0.15) is 43.0 Å². The fourth-order valence-electron chi connectivity index (χ4n) is 2.93. The summed E-state index contributed by atoms with van der Waals surface area (Å²) in [7, 11) is -3.90. The molecule has 34 heavy (non-hydrogen) atoms. The molecule has 1 amide bonds. The Bertz CT molecular complexity index is 1160. The summed E-state index contributed by atoms with van der Waals surface area (Å²) in [5.74, 6) is -2.98. The van der Waals surface area contributed by atoms with E-state index in [-0.39, 0.29) is 11.3 Å². The molecule has 1 atom stereocenters. The predicted molar refractivity (Wildman–Crippen MR) is 121 cm³/mol. The molecule has 3 N–H and O–H groups in total. The van der Waals surface area contributed by atoms with Gasteiger partial charge in [0.25, 0.3) is 0 Å². The van der Waals surface area contributed by atoms with Crippen LogP contribution in [0.25, 0.3) is 6.08 Å². The van der Waals surface area contributed by atoms with Crippen LogP contribution in [0, 0.1) is 11.6 Å². The smallest absolute Gasteiger partial charge is 0.385 e. The highest BCUT2D eigenvalue weighted by Gasteiger charge is 2.30. The average molecular weight is 506 g/mol. The lowest BCUT2D eigenvalue weighted by atomic mass is 10.1. The van der Waals surface area contributed by atoms with Crippen molar-refractivity contribution < 1.29 is 35.2 Å². The molecule has 0 aliphatic rings. The Morgan fingerprint density at radius 2 is 1.74 bits per heavy atom. The molecule has 0 aliphatic carbocycles. The molecule has 0 heterocycles. The van der Waals surface area contributed by atoms with Crippen LogP contribution in [0.3, 0.4) is 0 Å². The molecule has 0 bridgehead atoms. The molecule has 6 nitrogen and oxygen atoms in total. The number of hydrogen-bond acceptors (Lipinski definition) is 4. The van der Waals surface area contributed by atoms with Crippen LogP contribution in [0.5, 0.6) is 0 Å². The number of hydrogen-bond donors (Lipinski definition) is 3. The number of benzene rings is 2. The first-order chi connectivity index (χ1) is 15.7. The molecule has 0 fully saturated rings. The molecule has 12 heteroatoms. The first-order valence-electron chi connectivity index (χ1n) is 10.1. The van der Waals surface area contributed by atoms with Crippen molar-refractivity contribution in [3.63, 3.8) is 0 Å². The number of carbonyl (C=O) groups excluding carboxylic acids is 1. The molecule has 0 aliphatic heterocycles. The molecular weight excluding hydrogens is 481 g/mol. The lowest BCUT2D eigenvalue weighted by Gasteiger charge is -2.16. The van der Waals surface area contributed by atoms with Gasteiger partial charge < -0.3 is 10.6 Å². The van der Waals surface area contributed by atoms with Crippen molar-refractivity contribution in [2.75, 3.05) is 22.8 Å². The molecule has 0 spiro atoms. The lowest BCUT2D eigenvalue weighted by molar-refractivity contribution is -0.137. The van der Waals surface area contributed by atoms with Crippen molar-refractivity contribution >= 4 is 33.4 Å². The van der Waals surface area contributed by atoms with Gasteiger partial charge in [-0.15, -0.1) is 0 Å². The van der Waals surface area contributed by atoms with Gasteiger partial charge in [0.15, 0.2) is 11.6 Å². The molecular formula is C22H24F5N3O3S. The Kier molecular flexibility index (Phi) is 8.65. The van der Waals surface area contributed by atoms with Gasteiger partial charge in [-0.05, 0) is 54.8 Å². The summed E-state index contributed by atoms with van der Waals surface area (Å²) in [4.78, 5) is 12.3. The van der Waals surface area contributed by atoms with Gasteiger partial charge in [-0.1, -0.05) is 13.0 Å². The van der Waals surface area contributed by atoms with Crippen LogP contribution in [0.4, 0.5) is 33.3 Å². The first-order valence-corrected chi connectivity index (χ1v) is 12.0. The summed E-state index contributed by atoms with van der Waals surface area (Å²) in [6, 6.07) is 3.98. The summed E-state index contributed by atoms with van der Waals surface area (Å²) in [6.45, 7) is 3.73. The Hall–Kier alpha value is -3.15. The minimum atomic E-state index is -4.52. The first kappa shape index (κ1) is 27.1. The van der Waals surface area contributed by atoms with E-state index in [1.807, 2.05) is 6.92 Å². The maximum atomic E-state index is 14.2. The number of sulfonamides is 1. The zero-order valence-corrected chi connectivity index (χ0v) is 19.4. The molecule has 1 unspecified atom stereocenters. The maximum absolute atomic E-state index is 14.2. The van der Waals surface area contributed by atoms with E-state index in [1.54, 1.807) is 4.72 Å². The van der Waals surface area contributed by atoms with E-state index in [9.17, 15) is 35.2 Å². The van der Waals surface area contributed by atoms with Gasteiger partial charge in [-0.3, -0.25) is 9.52 Å². The Morgan fingerprint density at radius 3 is 2.26 bits per heavy atom. The molecule has 2 aromatic carbocycles. The highest BCUT2D eigenvalue weighted by molar-refractivity contribution is 7.92. The third kappa shape index (κ3) is 7.72. The van der Waals surface area contributed by atoms with Crippen LogP contribution < -0.4 is 15.4 Å². The molecule has 0 radical (unpaired) electrons. The number of carbonyl (C=O) groups is 1. The van der Waals surface area contributed by atoms with Crippen molar-refractivity contribution in [2.45, 2.75) is 32.5 Å². The zero-order valence-electron chi connectivity index (χ0n) is 18.6. The van der Waals surface area contributed by atoms with Crippen LogP contribution in [0.2, 0.25) is 0 Å². The summed E-state index contributed by atoms with van der Waals surface area (Å²) in [5.41, 5.74) is -1.08. The number of rotatable bonds is 9. The normalized spacial score (nSPS) is 13.1. The van der Waals surface area contributed by atoms with Crippen molar-refractivity contribution in [3.8, 4) is 0 Å². The quantitative estimate of drug-likeness (QED) is 0.328. The van der Waals surface area contributed by atoms with Gasteiger partial charge in [-0.25, -0.2) is 17.2 Å². The van der Waals surface area contributed by atoms with Crippen molar-refractivity contribution in [1.82, 2.24) is 5.32 Å². The summed E-state index contributed by atoms with van der Waals surface area (Å²) >= 11 is 0. The molecule has 0 aromatic heterocycles. The van der Waals surface area contributed by atoms with Crippen LogP contribution in [0.15, 0.2) is 36.4 Å². The van der Waals surface area contributed by atoms with Gasteiger partial charge in [-0.2, -0.15) is 13.2 Å². The highest BCUT2D eigenvalue weighted by Crippen LogP contribution is 2.32. The third-order valence-electron chi connectivity index (χ3n) is 4.57. The second kappa shape index (κ2) is 10.9. The van der Waals surface area contributed by atoms with Crippen molar-refractivity contribution in [2.24, 2.45) is 0 Å². The number of halogens is 5. The zero-order chi connectivity index (χ0) is 25.7. The van der Waals surface area contributed by atoms with E-state index in [0.717, 1.165) is 36.6 Å². The average Bonchev–Trinajstić information content (AvgIpc) is 2.72. The van der Waals surface area contributed by atoms with Crippen molar-refractivity contribution in [1.29, 1.82) is 0 Å². The van der Waals surface area contributed by atoms with Gasteiger partial charge in [0.05, 0.1) is 17.9 Å². The fraction of sp³-hybridized carbons (Fsp3) is 0.318. The third-order valence-corrected chi connectivity index (χ3v) is 5.15. The van der Waals surface area contributed by atoms with Gasteiger partial charge >= 0.3 is 6.18 Å². The number of nitrogens with one attached hydrogen (secondary N) is 3. The summed E-state index contributed by atoms with van der Waals surface area (Å²) < 4.78 is 91.6. The Balaban J connectivity index is 2.18. The van der Waals surface area contributed by atoms with E-state index in [4.69, 9.17) is 0 Å². The molecule has 0 saturated carbocycles. The van der Waals surface area contributed by atoms with E-state index in [2.05, 4.69) is 10.6 Å². The van der Waals surface area contributed by atoms with Crippen LogP contribution in [-0.2, 0) is 21.0 Å². The number of alkyl halides is 3. The molecule has 2 aromatic rings. The van der Waals surface area contributed by atoms with Crippen LogP contribution >= 0.6 is 0 Å². The second-order valence-electron chi connectivity index (χ2n) is 7.52. The molecule has 0 saturated heterocycles. The van der Waals surface area contributed by atoms with Gasteiger partial charge in [0, 0.05) is 18.3 Å². The SMILES string of the molecule is CCCNc1cc(C(F)(F)F)ccc1C=CC(=O)NC(C)c1cc(F)c(NS(C)(=O)=O)c(F)c1. The fourth-order valence-corrected chi connectivity index (χ4v) is 3.49. The molecule has 2 rings (SSSR count). The maximum Gasteiger partial charge on any atom is 0.416 e. The predicted octanol–water partition coefficient (Wildman–Crippen LogP) is 5.07. The van der Waals surface area contributed by atoms with Gasteiger partial charge in [0.2, 0.25) is 15.9 Å². The van der Waals surface area contributed by atoms with Crippen LogP contribution in [-0.4, -0.2) is 27.1 Å². The summed E-state index contributed by atoms with van der Waals surface area (Å²) in [5, 5.41) is 5.37. The Labute approximate surface area is 194 Å². The second-order valence-corrected chi connectivity index (χ2v) is 9.27. The number of amides is 1. The van der Waals surface area contributed by atoms with Crippen molar-refractivity contribution in [3.05, 3.63) is 64.7 Å². The van der Waals surface area contributed by atoms with E-state index < -0.39 is 51.0 Å². The Morgan fingerprint density at radius 1 is 1.12 bits per heavy atom. The molecule has 186 valence electrons. The number of anilines is 2. The van der Waals surface area contributed by atoms with E-state index >= 15 is 0 Å². The van der Waals surface area contributed by atoms with E-state index in [0.29, 0.717) is 18.5 Å². The lowest BCUT2D eigenvalue weighted by Crippen LogP contribution is -2.25. The largest absolute Gasteiger partial charge is 0.416 e. The van der Waals surface area contributed by atoms with E-state index in [1.165, 1.54) is 19.1 Å². The van der Waals surface area contributed by atoms with Gasteiger partial charge in [0.1, 0.15) is 5.69 Å².